The minimum absolute atomic E-state index is 0.0263. The number of amides is 2. The van der Waals surface area contributed by atoms with Gasteiger partial charge in [0.1, 0.15) is 12.1 Å². The van der Waals surface area contributed by atoms with Gasteiger partial charge in [0.2, 0.25) is 9.84 Å². The fourth-order valence-corrected chi connectivity index (χ4v) is 4.74. The van der Waals surface area contributed by atoms with Crippen LogP contribution in [0.25, 0.3) is 0 Å². The van der Waals surface area contributed by atoms with Crippen molar-refractivity contribution in [3.05, 3.63) is 119 Å². The van der Waals surface area contributed by atoms with Gasteiger partial charge in [-0.2, -0.15) is 10.5 Å². The van der Waals surface area contributed by atoms with E-state index in [1.807, 2.05) is 12.1 Å². The van der Waals surface area contributed by atoms with Gasteiger partial charge < -0.3 is 10.6 Å². The second-order valence-electron chi connectivity index (χ2n) is 7.78. The third-order valence-corrected chi connectivity index (χ3v) is 7.23. The van der Waals surface area contributed by atoms with Crippen LogP contribution in [0.1, 0.15) is 31.8 Å². The van der Waals surface area contributed by atoms with Crippen molar-refractivity contribution in [3.63, 3.8) is 0 Å². The first-order chi connectivity index (χ1) is 17.8. The molecule has 2 amide bonds. The van der Waals surface area contributed by atoms with E-state index < -0.39 is 21.7 Å². The molecule has 4 aromatic rings. The molecule has 8 nitrogen and oxygen atoms in total. The lowest BCUT2D eigenvalue weighted by atomic mass is 10.1. The SMILES string of the molecule is N#Cc1ccccc1NC(=O)c1ccc(S(=O)(=O)c2ccc(C(=O)Nc3ccccc3C#N)cc2)cc1. The molecule has 0 heterocycles. The number of rotatable bonds is 6. The number of carbonyl (C=O) groups excluding carboxylic acids is 2. The Kier molecular flexibility index (Phi) is 7.10. The molecule has 0 aliphatic rings. The minimum Gasteiger partial charge on any atom is -0.321 e. The van der Waals surface area contributed by atoms with E-state index in [-0.39, 0.29) is 20.9 Å². The standard InChI is InChI=1S/C28H18N4O4S/c29-17-21-5-1-3-7-25(21)31-27(33)19-9-13-23(14-10-19)37(35,36)24-15-11-20(12-16-24)28(34)32-26-8-4-2-6-22(26)18-30/h1-16H,(H,31,33)(H,32,34). The van der Waals surface area contributed by atoms with Crippen molar-refractivity contribution in [2.24, 2.45) is 0 Å². The summed E-state index contributed by atoms with van der Waals surface area (Å²) < 4.78 is 26.1. The average molecular weight is 507 g/mol. The van der Waals surface area contributed by atoms with E-state index in [1.165, 1.54) is 48.5 Å². The van der Waals surface area contributed by atoms with E-state index >= 15 is 0 Å². The van der Waals surface area contributed by atoms with Crippen LogP contribution >= 0.6 is 0 Å². The summed E-state index contributed by atoms with van der Waals surface area (Å²) in [5, 5.41) is 23.6. The van der Waals surface area contributed by atoms with Gasteiger partial charge in [-0.15, -0.1) is 0 Å². The van der Waals surface area contributed by atoms with E-state index in [0.717, 1.165) is 0 Å². The van der Waals surface area contributed by atoms with Crippen LogP contribution in [0.4, 0.5) is 11.4 Å². The summed E-state index contributed by atoms with van der Waals surface area (Å²) in [6.07, 6.45) is 0. The van der Waals surface area contributed by atoms with Crippen LogP contribution in [0.2, 0.25) is 0 Å². The maximum absolute atomic E-state index is 13.1. The van der Waals surface area contributed by atoms with Gasteiger partial charge in [-0.25, -0.2) is 8.42 Å². The Bertz CT molecular complexity index is 1560. The molecule has 180 valence electrons. The lowest BCUT2D eigenvalue weighted by molar-refractivity contribution is 0.101. The molecule has 0 fully saturated rings. The van der Waals surface area contributed by atoms with Crippen molar-refractivity contribution in [2.45, 2.75) is 9.79 Å². The zero-order chi connectivity index (χ0) is 26.4. The Morgan fingerprint density at radius 1 is 0.568 bits per heavy atom. The molecule has 0 aliphatic heterocycles. The highest BCUT2D eigenvalue weighted by Crippen LogP contribution is 2.23. The van der Waals surface area contributed by atoms with Crippen LogP contribution in [0, 0.1) is 22.7 Å². The van der Waals surface area contributed by atoms with Crippen LogP contribution in [0.15, 0.2) is 107 Å². The number of carbonyl (C=O) groups is 2. The zero-order valence-electron chi connectivity index (χ0n) is 19.2. The van der Waals surface area contributed by atoms with Gasteiger partial charge in [0.25, 0.3) is 11.8 Å². The molecule has 0 aromatic heterocycles. The van der Waals surface area contributed by atoms with Crippen molar-refractivity contribution >= 4 is 33.0 Å². The monoisotopic (exact) mass is 506 g/mol. The second kappa shape index (κ2) is 10.6. The van der Waals surface area contributed by atoms with Gasteiger partial charge >= 0.3 is 0 Å². The van der Waals surface area contributed by atoms with Crippen LogP contribution in [0.3, 0.4) is 0 Å². The third kappa shape index (κ3) is 5.38. The van der Waals surface area contributed by atoms with Gasteiger partial charge in [0, 0.05) is 11.1 Å². The number of nitrogens with zero attached hydrogens (tertiary/aromatic N) is 2. The van der Waals surface area contributed by atoms with Gasteiger partial charge in [0.05, 0.1) is 32.3 Å². The highest BCUT2D eigenvalue weighted by atomic mass is 32.2. The summed E-state index contributed by atoms with van der Waals surface area (Å²) in [5.41, 5.74) is 1.76. The number of hydrogen-bond acceptors (Lipinski definition) is 6. The summed E-state index contributed by atoms with van der Waals surface area (Å²) in [7, 11) is -3.91. The fraction of sp³-hybridized carbons (Fsp3) is 0. The average Bonchev–Trinajstić information content (AvgIpc) is 2.93. The number of hydrogen-bond donors (Lipinski definition) is 2. The second-order valence-corrected chi connectivity index (χ2v) is 9.72. The fourth-order valence-electron chi connectivity index (χ4n) is 3.48. The summed E-state index contributed by atoms with van der Waals surface area (Å²) in [4.78, 5) is 25.1. The Balaban J connectivity index is 1.49. The maximum Gasteiger partial charge on any atom is 0.255 e. The number of benzene rings is 4. The molecule has 4 rings (SSSR count). The number of sulfone groups is 1. The Labute approximate surface area is 213 Å². The summed E-state index contributed by atoms with van der Waals surface area (Å²) in [6.45, 7) is 0. The maximum atomic E-state index is 13.1. The molecular formula is C28H18N4O4S. The molecule has 2 N–H and O–H groups in total. The molecular weight excluding hydrogens is 488 g/mol. The summed E-state index contributed by atoms with van der Waals surface area (Å²) in [6, 6.07) is 27.9. The molecule has 0 aliphatic carbocycles. The Morgan fingerprint density at radius 2 is 0.919 bits per heavy atom. The predicted molar refractivity (Wildman–Crippen MR) is 137 cm³/mol. The van der Waals surface area contributed by atoms with Crippen molar-refractivity contribution in [2.75, 3.05) is 10.6 Å². The normalized spacial score (nSPS) is 10.5. The Hall–Kier alpha value is -5.25. The highest BCUT2D eigenvalue weighted by Gasteiger charge is 2.19. The Morgan fingerprint density at radius 3 is 1.27 bits per heavy atom. The van der Waals surface area contributed by atoms with Gasteiger partial charge in [0.15, 0.2) is 0 Å². The highest BCUT2D eigenvalue weighted by molar-refractivity contribution is 7.91. The van der Waals surface area contributed by atoms with Crippen molar-refractivity contribution < 1.29 is 18.0 Å². The molecule has 9 heteroatoms. The van der Waals surface area contributed by atoms with E-state index in [4.69, 9.17) is 10.5 Å². The first-order valence-electron chi connectivity index (χ1n) is 10.9. The largest absolute Gasteiger partial charge is 0.321 e. The molecule has 0 spiro atoms. The molecule has 0 bridgehead atoms. The van der Waals surface area contributed by atoms with Gasteiger partial charge in [-0.1, -0.05) is 24.3 Å². The van der Waals surface area contributed by atoms with Crippen molar-refractivity contribution in [1.29, 1.82) is 10.5 Å². The van der Waals surface area contributed by atoms with Gasteiger partial charge in [-0.3, -0.25) is 9.59 Å². The minimum atomic E-state index is -3.91. The third-order valence-electron chi connectivity index (χ3n) is 5.45. The van der Waals surface area contributed by atoms with Gasteiger partial charge in [-0.05, 0) is 72.8 Å². The van der Waals surface area contributed by atoms with Crippen molar-refractivity contribution in [3.8, 4) is 12.1 Å². The van der Waals surface area contributed by atoms with Crippen LogP contribution < -0.4 is 10.6 Å². The molecule has 0 saturated carbocycles. The quantitative estimate of drug-likeness (QED) is 0.386. The van der Waals surface area contributed by atoms with Crippen molar-refractivity contribution in [1.82, 2.24) is 0 Å². The van der Waals surface area contributed by atoms with E-state index in [1.54, 1.807) is 48.5 Å². The smallest absolute Gasteiger partial charge is 0.255 e. The topological polar surface area (TPSA) is 140 Å². The zero-order valence-corrected chi connectivity index (χ0v) is 20.0. The summed E-state index contributed by atoms with van der Waals surface area (Å²) >= 11 is 0. The molecule has 0 atom stereocenters. The molecule has 0 radical (unpaired) electrons. The number of anilines is 2. The molecule has 0 saturated heterocycles. The lowest BCUT2D eigenvalue weighted by Crippen LogP contribution is -2.13. The van der Waals surface area contributed by atoms with Crippen LogP contribution in [-0.2, 0) is 9.84 Å². The molecule has 4 aromatic carbocycles. The first kappa shape index (κ1) is 24.9. The number of para-hydroxylation sites is 2. The molecule has 0 unspecified atom stereocenters. The molecule has 37 heavy (non-hydrogen) atoms. The summed E-state index contributed by atoms with van der Waals surface area (Å²) in [5.74, 6) is -0.972. The lowest BCUT2D eigenvalue weighted by Gasteiger charge is -2.09. The van der Waals surface area contributed by atoms with Crippen LogP contribution in [0.5, 0.6) is 0 Å². The first-order valence-corrected chi connectivity index (χ1v) is 12.4. The van der Waals surface area contributed by atoms with E-state index in [0.29, 0.717) is 22.5 Å². The number of nitriles is 2. The number of nitrogens with one attached hydrogen (secondary N) is 2. The van der Waals surface area contributed by atoms with Crippen LogP contribution in [-0.4, -0.2) is 20.2 Å². The van der Waals surface area contributed by atoms with E-state index in [2.05, 4.69) is 10.6 Å². The predicted octanol–water partition coefficient (Wildman–Crippen LogP) is 4.77. The van der Waals surface area contributed by atoms with E-state index in [9.17, 15) is 18.0 Å².